The minimum Gasteiger partial charge on any atom is -0.325 e. The maximum absolute atomic E-state index is 6.19. The van der Waals surface area contributed by atoms with Gasteiger partial charge < -0.3 is 5.73 Å². The molecule has 3 nitrogen and oxygen atoms in total. The Morgan fingerprint density at radius 3 is 2.77 bits per heavy atom. The third-order valence-electron chi connectivity index (χ3n) is 3.27. The fraction of sp³-hybridized carbons (Fsp3) is 0.700. The van der Waals surface area contributed by atoms with Crippen molar-refractivity contribution in [3.05, 3.63) is 18.5 Å². The second-order valence-electron chi connectivity index (χ2n) is 4.61. The topological polar surface area (TPSA) is 43.8 Å². The van der Waals surface area contributed by atoms with E-state index in [0.29, 0.717) is 6.04 Å². The van der Waals surface area contributed by atoms with Gasteiger partial charge in [0.15, 0.2) is 0 Å². The molecule has 1 saturated carbocycles. The van der Waals surface area contributed by atoms with Gasteiger partial charge in [-0.05, 0) is 24.3 Å². The predicted molar refractivity (Wildman–Crippen MR) is 52.3 cm³/mol. The zero-order valence-electron chi connectivity index (χ0n) is 8.27. The Balaban J connectivity index is 2.21. The molecular formula is C10H17N3. The van der Waals surface area contributed by atoms with E-state index in [-0.39, 0.29) is 11.5 Å². The number of hydrogen-bond donors (Lipinski definition) is 1. The quantitative estimate of drug-likeness (QED) is 0.711. The molecule has 3 heteroatoms. The average Bonchev–Trinajstić information content (AvgIpc) is 2.63. The van der Waals surface area contributed by atoms with Gasteiger partial charge in [0.1, 0.15) is 0 Å². The van der Waals surface area contributed by atoms with Crippen LogP contribution in [0.1, 0.15) is 32.7 Å². The van der Waals surface area contributed by atoms with Gasteiger partial charge in [0.25, 0.3) is 0 Å². The lowest BCUT2D eigenvalue weighted by atomic mass is 9.87. The maximum Gasteiger partial charge on any atom is 0.0675 e. The Hall–Kier alpha value is -0.830. The predicted octanol–water partition coefficient (Wildman–Crippen LogP) is 1.57. The number of aromatic nitrogens is 2. The first-order valence-corrected chi connectivity index (χ1v) is 4.86. The second-order valence-corrected chi connectivity index (χ2v) is 4.61. The maximum atomic E-state index is 6.19. The molecule has 1 heterocycles. The molecule has 1 aliphatic rings. The van der Waals surface area contributed by atoms with Crippen molar-refractivity contribution in [3.8, 4) is 0 Å². The van der Waals surface area contributed by atoms with E-state index in [2.05, 4.69) is 18.9 Å². The molecule has 0 radical (unpaired) electrons. The molecule has 0 saturated heterocycles. The first-order chi connectivity index (χ1) is 6.11. The van der Waals surface area contributed by atoms with Gasteiger partial charge in [-0.2, -0.15) is 5.10 Å². The van der Waals surface area contributed by atoms with Crippen molar-refractivity contribution in [2.75, 3.05) is 0 Å². The SMILES string of the molecule is CC1(C)CCC(n2cccn2)C1N. The standard InChI is InChI=1S/C10H17N3/c1-10(2)5-4-8(9(10)11)13-7-3-6-12-13/h3,6-9H,4-5,11H2,1-2H3. The molecule has 2 rings (SSSR count). The van der Waals surface area contributed by atoms with Crippen LogP contribution in [0.15, 0.2) is 18.5 Å². The van der Waals surface area contributed by atoms with Crippen molar-refractivity contribution in [2.24, 2.45) is 11.1 Å². The van der Waals surface area contributed by atoms with E-state index in [9.17, 15) is 0 Å². The molecule has 0 bridgehead atoms. The highest BCUT2D eigenvalue weighted by atomic mass is 15.3. The van der Waals surface area contributed by atoms with Gasteiger partial charge in [-0.25, -0.2) is 0 Å². The molecule has 72 valence electrons. The monoisotopic (exact) mass is 179 g/mol. The van der Waals surface area contributed by atoms with Crippen LogP contribution in [0.25, 0.3) is 0 Å². The second kappa shape index (κ2) is 2.84. The van der Waals surface area contributed by atoms with E-state index < -0.39 is 0 Å². The van der Waals surface area contributed by atoms with Gasteiger partial charge in [-0.15, -0.1) is 0 Å². The molecule has 0 spiro atoms. The number of nitrogens with zero attached hydrogens (tertiary/aromatic N) is 2. The van der Waals surface area contributed by atoms with E-state index in [1.165, 1.54) is 6.42 Å². The Labute approximate surface area is 78.9 Å². The van der Waals surface area contributed by atoms with Crippen molar-refractivity contribution >= 4 is 0 Å². The Kier molecular flexibility index (Phi) is 1.91. The molecule has 2 N–H and O–H groups in total. The van der Waals surface area contributed by atoms with E-state index in [0.717, 1.165) is 6.42 Å². The Morgan fingerprint density at radius 2 is 2.31 bits per heavy atom. The molecule has 0 amide bonds. The summed E-state index contributed by atoms with van der Waals surface area (Å²) in [5.74, 6) is 0. The van der Waals surface area contributed by atoms with Crippen LogP contribution in [0.5, 0.6) is 0 Å². The van der Waals surface area contributed by atoms with Gasteiger partial charge in [0, 0.05) is 18.4 Å². The van der Waals surface area contributed by atoms with Gasteiger partial charge in [0.05, 0.1) is 6.04 Å². The van der Waals surface area contributed by atoms with E-state index in [4.69, 9.17) is 5.73 Å². The molecule has 2 unspecified atom stereocenters. The number of hydrogen-bond acceptors (Lipinski definition) is 2. The van der Waals surface area contributed by atoms with E-state index >= 15 is 0 Å². The lowest BCUT2D eigenvalue weighted by molar-refractivity contribution is 0.291. The minimum absolute atomic E-state index is 0.229. The van der Waals surface area contributed by atoms with Crippen LogP contribution in [0.2, 0.25) is 0 Å². The van der Waals surface area contributed by atoms with Crippen molar-refractivity contribution in [2.45, 2.75) is 38.8 Å². The molecule has 1 aliphatic carbocycles. The molecule has 1 aromatic heterocycles. The van der Waals surface area contributed by atoms with E-state index in [1.54, 1.807) is 0 Å². The zero-order valence-corrected chi connectivity index (χ0v) is 8.27. The highest BCUT2D eigenvalue weighted by molar-refractivity contribution is 4.98. The lowest BCUT2D eigenvalue weighted by Crippen LogP contribution is -2.38. The Bertz CT molecular complexity index is 276. The molecule has 2 atom stereocenters. The fourth-order valence-corrected chi connectivity index (χ4v) is 2.16. The summed E-state index contributed by atoms with van der Waals surface area (Å²) in [6.45, 7) is 4.47. The first-order valence-electron chi connectivity index (χ1n) is 4.86. The third-order valence-corrected chi connectivity index (χ3v) is 3.27. The van der Waals surface area contributed by atoms with Crippen LogP contribution in [0, 0.1) is 5.41 Å². The smallest absolute Gasteiger partial charge is 0.0675 e. The van der Waals surface area contributed by atoms with Crippen LogP contribution < -0.4 is 5.73 Å². The van der Waals surface area contributed by atoms with Crippen LogP contribution >= 0.6 is 0 Å². The van der Waals surface area contributed by atoms with Gasteiger partial charge in [0.2, 0.25) is 0 Å². The third kappa shape index (κ3) is 1.37. The highest BCUT2D eigenvalue weighted by Gasteiger charge is 2.40. The number of rotatable bonds is 1. The first kappa shape index (κ1) is 8.75. The van der Waals surface area contributed by atoms with Gasteiger partial charge >= 0.3 is 0 Å². The summed E-state index contributed by atoms with van der Waals surface area (Å²) >= 11 is 0. The Morgan fingerprint density at radius 1 is 1.54 bits per heavy atom. The summed E-state index contributed by atoms with van der Waals surface area (Å²) in [6.07, 6.45) is 6.17. The van der Waals surface area contributed by atoms with Crippen molar-refractivity contribution in [1.29, 1.82) is 0 Å². The van der Waals surface area contributed by atoms with Crippen LogP contribution in [0.4, 0.5) is 0 Å². The summed E-state index contributed by atoms with van der Waals surface area (Å²) in [4.78, 5) is 0. The largest absolute Gasteiger partial charge is 0.325 e. The minimum atomic E-state index is 0.229. The summed E-state index contributed by atoms with van der Waals surface area (Å²) in [7, 11) is 0. The van der Waals surface area contributed by atoms with Crippen LogP contribution in [-0.2, 0) is 0 Å². The molecular weight excluding hydrogens is 162 g/mol. The van der Waals surface area contributed by atoms with Crippen LogP contribution in [0.3, 0.4) is 0 Å². The average molecular weight is 179 g/mol. The molecule has 0 aromatic carbocycles. The zero-order chi connectivity index (χ0) is 9.47. The van der Waals surface area contributed by atoms with Gasteiger partial charge in [-0.1, -0.05) is 13.8 Å². The molecule has 1 aromatic rings. The lowest BCUT2D eigenvalue weighted by Gasteiger charge is -2.26. The summed E-state index contributed by atoms with van der Waals surface area (Å²) < 4.78 is 2.00. The molecule has 1 fully saturated rings. The number of nitrogens with two attached hydrogens (primary N) is 1. The normalized spacial score (nSPS) is 32.2. The highest BCUT2D eigenvalue weighted by Crippen LogP contribution is 2.41. The van der Waals surface area contributed by atoms with E-state index in [1.807, 2.05) is 23.1 Å². The van der Waals surface area contributed by atoms with Gasteiger partial charge in [-0.3, -0.25) is 4.68 Å². The molecule has 13 heavy (non-hydrogen) atoms. The molecule has 0 aliphatic heterocycles. The van der Waals surface area contributed by atoms with Crippen molar-refractivity contribution in [1.82, 2.24) is 9.78 Å². The summed E-state index contributed by atoms with van der Waals surface area (Å²) in [6, 6.07) is 2.58. The van der Waals surface area contributed by atoms with Crippen molar-refractivity contribution in [3.63, 3.8) is 0 Å². The van der Waals surface area contributed by atoms with Crippen molar-refractivity contribution < 1.29 is 0 Å². The fourth-order valence-electron chi connectivity index (χ4n) is 2.16. The summed E-state index contributed by atoms with van der Waals surface area (Å²) in [5.41, 5.74) is 6.45. The summed E-state index contributed by atoms with van der Waals surface area (Å²) in [5, 5.41) is 4.25. The van der Waals surface area contributed by atoms with Crippen LogP contribution in [-0.4, -0.2) is 15.8 Å².